The van der Waals surface area contributed by atoms with Crippen molar-refractivity contribution in [2.45, 2.75) is 19.3 Å². The van der Waals surface area contributed by atoms with Gasteiger partial charge in [-0.3, -0.25) is 9.59 Å². The first-order valence-electron chi connectivity index (χ1n) is 4.57. The van der Waals surface area contributed by atoms with Crippen molar-refractivity contribution in [2.75, 3.05) is 0 Å². The predicted molar refractivity (Wildman–Crippen MR) is 45.3 cm³/mol. The second-order valence-corrected chi connectivity index (χ2v) is 4.06. The van der Waals surface area contributed by atoms with E-state index in [2.05, 4.69) is 0 Å². The third-order valence-corrected chi connectivity index (χ3v) is 3.49. The monoisotopic (exact) mass is 232 g/mol. The van der Waals surface area contributed by atoms with Gasteiger partial charge in [0.2, 0.25) is 0 Å². The number of hydrogen-bond acceptors (Lipinski definition) is 2. The van der Waals surface area contributed by atoms with Crippen molar-refractivity contribution in [1.29, 1.82) is 0 Å². The second-order valence-electron chi connectivity index (χ2n) is 4.06. The first-order valence-corrected chi connectivity index (χ1v) is 4.57. The van der Waals surface area contributed by atoms with Crippen molar-refractivity contribution in [3.8, 4) is 0 Å². The minimum atomic E-state index is -0.931. The molecule has 2 fully saturated rings. The van der Waals surface area contributed by atoms with E-state index >= 15 is 0 Å². The van der Waals surface area contributed by atoms with Crippen LogP contribution in [0.2, 0.25) is 0 Å². The maximum absolute atomic E-state index is 10.8. The minimum absolute atomic E-state index is 0. The van der Waals surface area contributed by atoms with Crippen molar-refractivity contribution in [2.24, 2.45) is 23.7 Å². The molecule has 15 heavy (non-hydrogen) atoms. The smallest absolute Gasteiger partial charge is 1.00 e. The van der Waals surface area contributed by atoms with Gasteiger partial charge in [0.1, 0.15) is 0 Å². The average molecular weight is 232 g/mol. The molecule has 4 nitrogen and oxygen atoms in total. The summed E-state index contributed by atoms with van der Waals surface area (Å²) in [7, 11) is 0. The van der Waals surface area contributed by atoms with Gasteiger partial charge < -0.3 is 13.1 Å². The summed E-state index contributed by atoms with van der Waals surface area (Å²) in [6, 6.07) is 0. The van der Waals surface area contributed by atoms with Crippen LogP contribution in [0.15, 0.2) is 0 Å². The van der Waals surface area contributed by atoms with Crippen molar-refractivity contribution >= 4 is 11.9 Å². The maximum atomic E-state index is 10.8. The van der Waals surface area contributed by atoms with Crippen molar-refractivity contribution < 1.29 is 81.8 Å². The Balaban J connectivity index is -0.000000490. The van der Waals surface area contributed by atoms with E-state index in [1.807, 2.05) is 0 Å². The molecule has 2 bridgehead atoms. The summed E-state index contributed by atoms with van der Waals surface area (Å²) >= 11 is 0. The summed E-state index contributed by atoms with van der Waals surface area (Å²) < 4.78 is 0. The Morgan fingerprint density at radius 3 is 1.53 bits per heavy atom. The summed E-state index contributed by atoms with van der Waals surface area (Å²) in [4.78, 5) is 21.7. The van der Waals surface area contributed by atoms with Crippen LogP contribution in [-0.2, 0) is 9.59 Å². The fourth-order valence-electron chi connectivity index (χ4n) is 3.00. The number of aliphatic carboxylic acids is 2. The van der Waals surface area contributed by atoms with Gasteiger partial charge in [-0.1, -0.05) is 0 Å². The van der Waals surface area contributed by atoms with Gasteiger partial charge in [-0.2, -0.15) is 0 Å². The van der Waals surface area contributed by atoms with Gasteiger partial charge in [0.05, 0.1) is 11.8 Å². The third-order valence-electron chi connectivity index (χ3n) is 3.49. The number of hydrogen-bond donors (Lipinski definition) is 2. The predicted octanol–water partition coefficient (Wildman–Crippen LogP) is -4.95. The topological polar surface area (TPSA) is 74.6 Å². The quantitative estimate of drug-likeness (QED) is 0.468. The molecule has 2 saturated carbocycles. The summed E-state index contributed by atoms with van der Waals surface area (Å²) in [6.07, 6.45) is 2.59. The molecule has 2 aliphatic rings. The van der Waals surface area contributed by atoms with Crippen LogP contribution in [0.3, 0.4) is 0 Å². The first kappa shape index (κ1) is 15.9. The normalized spacial score (nSPS) is 36.5. The van der Waals surface area contributed by atoms with Crippen molar-refractivity contribution in [1.82, 2.24) is 0 Å². The average Bonchev–Trinajstić information content (AvgIpc) is 2.60. The van der Waals surface area contributed by atoms with Crippen molar-refractivity contribution in [3.05, 3.63) is 0 Å². The van der Waals surface area contributed by atoms with E-state index in [1.54, 1.807) is 0 Å². The molecule has 0 aromatic carbocycles. The van der Waals surface area contributed by atoms with Gasteiger partial charge >= 0.3 is 71.1 Å². The van der Waals surface area contributed by atoms with E-state index in [-0.39, 0.29) is 73.8 Å². The third kappa shape index (κ3) is 2.79. The van der Waals surface area contributed by atoms with Gasteiger partial charge in [-0.15, -0.1) is 0 Å². The molecule has 2 N–H and O–H groups in total. The zero-order valence-corrected chi connectivity index (χ0v) is 13.1. The molecule has 0 aromatic rings. The fraction of sp³-hybridized carbons (Fsp3) is 0.778. The van der Waals surface area contributed by atoms with E-state index < -0.39 is 23.8 Å². The van der Waals surface area contributed by atoms with Crippen LogP contribution in [-0.4, -0.2) is 22.2 Å². The van der Waals surface area contributed by atoms with E-state index in [0.29, 0.717) is 0 Å². The van der Waals surface area contributed by atoms with Gasteiger partial charge in [0.15, 0.2) is 0 Å². The van der Waals surface area contributed by atoms with Gasteiger partial charge in [0.25, 0.3) is 0 Å². The number of carboxylic acids is 2. The molecule has 0 saturated heterocycles. The summed E-state index contributed by atoms with van der Waals surface area (Å²) in [5.41, 5.74) is 0. The first-order chi connectivity index (χ1) is 6.11. The summed E-state index contributed by atoms with van der Waals surface area (Å²) in [5.74, 6) is -2.89. The van der Waals surface area contributed by atoms with E-state index in [9.17, 15) is 9.59 Å². The van der Waals surface area contributed by atoms with Crippen LogP contribution >= 0.6 is 0 Å². The zero-order valence-electron chi connectivity index (χ0n) is 11.1. The molecule has 0 radical (unpaired) electrons. The Morgan fingerprint density at radius 2 is 1.27 bits per heavy atom. The molecule has 4 atom stereocenters. The zero-order chi connectivity index (χ0) is 9.59. The van der Waals surface area contributed by atoms with Gasteiger partial charge in [-0.25, -0.2) is 0 Å². The number of carbonyl (C=O) groups is 2. The molecular formula is C9H14Na2O4. The Labute approximate surface area is 135 Å². The number of carboxylic acid groups (broad SMARTS) is 2. The van der Waals surface area contributed by atoms with E-state index in [4.69, 9.17) is 10.2 Å². The maximum Gasteiger partial charge on any atom is 1.00 e. The van der Waals surface area contributed by atoms with Gasteiger partial charge in [0, 0.05) is 0 Å². The number of rotatable bonds is 2. The molecule has 2 aliphatic carbocycles. The summed E-state index contributed by atoms with van der Waals surface area (Å²) in [6.45, 7) is 0. The summed E-state index contributed by atoms with van der Waals surface area (Å²) in [5, 5.41) is 17.8. The molecule has 0 aromatic heterocycles. The van der Waals surface area contributed by atoms with Crippen LogP contribution in [0.5, 0.6) is 0 Å². The number of fused-ring (bicyclic) bond motifs is 2. The van der Waals surface area contributed by atoms with Crippen molar-refractivity contribution in [3.63, 3.8) is 0 Å². The molecule has 6 heteroatoms. The second kappa shape index (κ2) is 6.03. The van der Waals surface area contributed by atoms with E-state index in [0.717, 1.165) is 19.3 Å². The standard InChI is InChI=1S/C9H12O4.2Na.2H/c10-8(11)6-4-1-2-5(3-4)7(6)9(12)13;;;;/h4-7H,1-3H2,(H,10,11)(H,12,13);;;;/q;2*+1;2*-1. The molecule has 0 aliphatic heterocycles. The molecule has 0 amide bonds. The fourth-order valence-corrected chi connectivity index (χ4v) is 3.00. The van der Waals surface area contributed by atoms with Crippen LogP contribution < -0.4 is 59.1 Å². The van der Waals surface area contributed by atoms with Crippen LogP contribution in [0.25, 0.3) is 0 Å². The Morgan fingerprint density at radius 1 is 0.933 bits per heavy atom. The molecule has 2 rings (SSSR count). The Kier molecular flexibility index (Phi) is 6.41. The minimum Gasteiger partial charge on any atom is -1.00 e. The Hall–Kier alpha value is 0.940. The van der Waals surface area contributed by atoms with Crippen LogP contribution in [0, 0.1) is 23.7 Å². The van der Waals surface area contributed by atoms with E-state index in [1.165, 1.54) is 0 Å². The Bertz CT molecular complexity index is 252. The van der Waals surface area contributed by atoms with Crippen LogP contribution in [0.4, 0.5) is 0 Å². The molecule has 4 unspecified atom stereocenters. The molecular weight excluding hydrogens is 218 g/mol. The van der Waals surface area contributed by atoms with Crippen LogP contribution in [0.1, 0.15) is 22.1 Å². The molecule has 76 valence electrons. The molecule has 0 spiro atoms. The largest absolute Gasteiger partial charge is 1.00 e. The SMILES string of the molecule is O=C(O)C1C2CCC(C2)C1C(=O)O.[H-].[H-].[Na+].[Na+]. The van der Waals surface area contributed by atoms with Gasteiger partial charge in [-0.05, 0) is 31.1 Å². The molecule has 0 heterocycles.